The van der Waals surface area contributed by atoms with Crippen molar-refractivity contribution in [2.24, 2.45) is 0 Å². The van der Waals surface area contributed by atoms with E-state index in [0.717, 1.165) is 24.2 Å². The Morgan fingerprint density at radius 1 is 0.893 bits per heavy atom. The van der Waals surface area contributed by atoms with E-state index in [-0.39, 0.29) is 12.4 Å². The Balaban J connectivity index is 1.63. The monoisotopic (exact) mass is 400 g/mol. The fourth-order valence-corrected chi connectivity index (χ4v) is 3.18. The lowest BCUT2D eigenvalue weighted by molar-refractivity contribution is -0.686. The molecule has 2 N–H and O–H groups in total. The van der Waals surface area contributed by atoms with E-state index in [1.54, 1.807) is 19.2 Å². The molecule has 0 aliphatic carbocycles. The Labute approximate surface area is 170 Å². The molecule has 0 saturated carbocycles. The van der Waals surface area contributed by atoms with Gasteiger partial charge in [-0.2, -0.15) is 0 Å². The SMILES string of the molecule is COc1cc(C[NH2+]Cc2ccc(C)cc2)cc(Cl)c1OCc1ccc(F)cc1. The van der Waals surface area contributed by atoms with Crippen LogP contribution in [0.5, 0.6) is 11.5 Å². The highest BCUT2D eigenvalue weighted by Gasteiger charge is 2.13. The van der Waals surface area contributed by atoms with Crippen molar-refractivity contribution in [3.05, 3.63) is 93.8 Å². The molecule has 0 unspecified atom stereocenters. The summed E-state index contributed by atoms with van der Waals surface area (Å²) in [5, 5.41) is 2.72. The van der Waals surface area contributed by atoms with Crippen LogP contribution >= 0.6 is 11.6 Å². The van der Waals surface area contributed by atoms with E-state index in [9.17, 15) is 4.39 Å². The Morgan fingerprint density at radius 3 is 2.21 bits per heavy atom. The summed E-state index contributed by atoms with van der Waals surface area (Å²) >= 11 is 6.44. The molecule has 0 spiro atoms. The highest BCUT2D eigenvalue weighted by Crippen LogP contribution is 2.36. The summed E-state index contributed by atoms with van der Waals surface area (Å²) in [4.78, 5) is 0. The van der Waals surface area contributed by atoms with Crippen LogP contribution in [0.25, 0.3) is 0 Å². The van der Waals surface area contributed by atoms with Gasteiger partial charge in [0.05, 0.1) is 12.1 Å². The van der Waals surface area contributed by atoms with Crippen LogP contribution in [-0.2, 0) is 19.7 Å². The minimum Gasteiger partial charge on any atom is -0.493 e. The summed E-state index contributed by atoms with van der Waals surface area (Å²) in [6.07, 6.45) is 0. The number of quaternary nitrogens is 1. The molecule has 0 amide bonds. The molecule has 3 aromatic rings. The molecule has 5 heteroatoms. The second kappa shape index (κ2) is 9.58. The Bertz CT molecular complexity index is 911. The van der Waals surface area contributed by atoms with Crippen molar-refractivity contribution in [3.63, 3.8) is 0 Å². The Kier molecular flexibility index (Phi) is 6.90. The largest absolute Gasteiger partial charge is 0.493 e. The van der Waals surface area contributed by atoms with E-state index >= 15 is 0 Å². The number of hydrogen-bond acceptors (Lipinski definition) is 2. The van der Waals surface area contributed by atoms with Crippen molar-refractivity contribution < 1.29 is 19.2 Å². The smallest absolute Gasteiger partial charge is 0.180 e. The van der Waals surface area contributed by atoms with Crippen molar-refractivity contribution in [1.82, 2.24) is 0 Å². The van der Waals surface area contributed by atoms with Crippen LogP contribution in [0.3, 0.4) is 0 Å². The van der Waals surface area contributed by atoms with Crippen molar-refractivity contribution in [2.75, 3.05) is 7.11 Å². The Hall–Kier alpha value is -2.56. The number of hydrogen-bond donors (Lipinski definition) is 1. The van der Waals surface area contributed by atoms with E-state index < -0.39 is 0 Å². The first-order chi connectivity index (χ1) is 13.5. The van der Waals surface area contributed by atoms with Gasteiger partial charge in [0.2, 0.25) is 0 Å². The topological polar surface area (TPSA) is 35.1 Å². The van der Waals surface area contributed by atoms with Gasteiger partial charge in [-0.25, -0.2) is 4.39 Å². The van der Waals surface area contributed by atoms with Crippen molar-refractivity contribution in [1.29, 1.82) is 0 Å². The van der Waals surface area contributed by atoms with E-state index in [2.05, 4.69) is 36.5 Å². The molecule has 0 fully saturated rings. The third-order valence-electron chi connectivity index (χ3n) is 4.47. The maximum absolute atomic E-state index is 13.0. The number of rotatable bonds is 8. The lowest BCUT2D eigenvalue weighted by Crippen LogP contribution is -2.80. The van der Waals surface area contributed by atoms with Crippen LogP contribution in [0, 0.1) is 12.7 Å². The van der Waals surface area contributed by atoms with E-state index in [1.807, 2.05) is 12.1 Å². The summed E-state index contributed by atoms with van der Waals surface area (Å²) in [6, 6.07) is 18.6. The van der Waals surface area contributed by atoms with Gasteiger partial charge in [-0.1, -0.05) is 53.6 Å². The average Bonchev–Trinajstić information content (AvgIpc) is 2.69. The molecular weight excluding hydrogens is 377 g/mol. The first-order valence-corrected chi connectivity index (χ1v) is 9.54. The van der Waals surface area contributed by atoms with Crippen LogP contribution in [0.4, 0.5) is 4.39 Å². The predicted octanol–water partition coefficient (Wildman–Crippen LogP) is 4.64. The number of nitrogens with two attached hydrogens (primary N) is 1. The van der Waals surface area contributed by atoms with Crippen LogP contribution in [0.15, 0.2) is 60.7 Å². The van der Waals surface area contributed by atoms with Crippen molar-refractivity contribution >= 4 is 11.6 Å². The molecule has 0 aliphatic heterocycles. The maximum atomic E-state index is 13.0. The summed E-state index contributed by atoms with van der Waals surface area (Å²) < 4.78 is 24.3. The molecule has 0 radical (unpaired) electrons. The van der Waals surface area contributed by atoms with Crippen molar-refractivity contribution in [2.45, 2.75) is 26.6 Å². The minimum atomic E-state index is -0.273. The summed E-state index contributed by atoms with van der Waals surface area (Å²) in [6.45, 7) is 4.04. The van der Waals surface area contributed by atoms with Crippen LogP contribution in [-0.4, -0.2) is 7.11 Å². The van der Waals surface area contributed by atoms with Gasteiger partial charge in [0.25, 0.3) is 0 Å². The molecule has 0 bridgehead atoms. The second-order valence-corrected chi connectivity index (χ2v) is 7.11. The van der Waals surface area contributed by atoms with Crippen LogP contribution < -0.4 is 14.8 Å². The third-order valence-corrected chi connectivity index (χ3v) is 4.75. The standard InChI is InChI=1S/C23H23ClFNO2/c1-16-3-5-17(6-4-16)13-26-14-19-11-21(24)23(22(12-19)27-2)28-15-18-7-9-20(25)10-8-18/h3-12,26H,13-15H2,1-2H3/p+1. The number of halogens is 2. The van der Waals surface area contributed by atoms with Gasteiger partial charge in [-0.15, -0.1) is 0 Å². The fraction of sp³-hybridized carbons (Fsp3) is 0.217. The van der Waals surface area contributed by atoms with Gasteiger partial charge < -0.3 is 14.8 Å². The van der Waals surface area contributed by atoms with Crippen molar-refractivity contribution in [3.8, 4) is 11.5 Å². The number of benzene rings is 3. The average molecular weight is 401 g/mol. The maximum Gasteiger partial charge on any atom is 0.180 e. The first kappa shape index (κ1) is 20.2. The van der Waals surface area contributed by atoms with E-state index in [0.29, 0.717) is 16.5 Å². The zero-order valence-corrected chi connectivity index (χ0v) is 16.8. The number of ether oxygens (including phenoxy) is 2. The van der Waals surface area contributed by atoms with Gasteiger partial charge in [0.1, 0.15) is 25.5 Å². The molecule has 3 nitrogen and oxygen atoms in total. The van der Waals surface area contributed by atoms with Gasteiger partial charge in [0, 0.05) is 11.1 Å². The molecular formula is C23H24ClFNO2+. The molecule has 3 rings (SSSR count). The van der Waals surface area contributed by atoms with E-state index in [1.165, 1.54) is 23.3 Å². The quantitative estimate of drug-likeness (QED) is 0.598. The van der Waals surface area contributed by atoms with Gasteiger partial charge in [-0.3, -0.25) is 0 Å². The minimum absolute atomic E-state index is 0.273. The first-order valence-electron chi connectivity index (χ1n) is 9.16. The number of aryl methyl sites for hydroxylation is 1. The zero-order valence-electron chi connectivity index (χ0n) is 16.0. The molecule has 0 heterocycles. The molecule has 0 aromatic heterocycles. The molecule has 28 heavy (non-hydrogen) atoms. The summed E-state index contributed by atoms with van der Waals surface area (Å²) in [5.41, 5.74) is 4.46. The summed E-state index contributed by atoms with van der Waals surface area (Å²) in [7, 11) is 1.59. The molecule has 0 saturated heterocycles. The number of methoxy groups -OCH3 is 1. The van der Waals surface area contributed by atoms with E-state index in [4.69, 9.17) is 21.1 Å². The third kappa shape index (κ3) is 5.47. The Morgan fingerprint density at radius 2 is 1.54 bits per heavy atom. The van der Waals surface area contributed by atoms with Crippen LogP contribution in [0.1, 0.15) is 22.3 Å². The highest BCUT2D eigenvalue weighted by atomic mass is 35.5. The van der Waals surface area contributed by atoms with Gasteiger partial charge in [0.15, 0.2) is 11.5 Å². The fourth-order valence-electron chi connectivity index (χ4n) is 2.90. The molecule has 0 atom stereocenters. The lowest BCUT2D eigenvalue weighted by atomic mass is 10.1. The summed E-state index contributed by atoms with van der Waals surface area (Å²) in [5.74, 6) is 0.815. The van der Waals surface area contributed by atoms with Gasteiger partial charge in [-0.05, 0) is 36.8 Å². The predicted molar refractivity (Wildman–Crippen MR) is 109 cm³/mol. The second-order valence-electron chi connectivity index (χ2n) is 6.71. The van der Waals surface area contributed by atoms with Crippen LogP contribution in [0.2, 0.25) is 5.02 Å². The molecule has 146 valence electrons. The van der Waals surface area contributed by atoms with Gasteiger partial charge >= 0.3 is 0 Å². The molecule has 3 aromatic carbocycles. The highest BCUT2D eigenvalue weighted by molar-refractivity contribution is 6.32. The zero-order chi connectivity index (χ0) is 19.9. The molecule has 0 aliphatic rings. The lowest BCUT2D eigenvalue weighted by Gasteiger charge is -2.14. The normalized spacial score (nSPS) is 10.7.